The molecule has 1 aliphatic heterocycles. The molecule has 0 radical (unpaired) electrons. The molecule has 3 rings (SSSR count). The minimum absolute atomic E-state index is 0.0941. The van der Waals surface area contributed by atoms with E-state index in [1.807, 2.05) is 50.2 Å². The summed E-state index contributed by atoms with van der Waals surface area (Å²) in [6.45, 7) is 4.35. The van der Waals surface area contributed by atoms with E-state index in [-0.39, 0.29) is 5.91 Å². The minimum atomic E-state index is -0.500. The molecule has 0 spiro atoms. The smallest absolute Gasteiger partial charge is 0.237 e. The van der Waals surface area contributed by atoms with Crippen LogP contribution in [0.25, 0.3) is 0 Å². The molecule has 0 saturated heterocycles. The first kappa shape index (κ1) is 13.6. The van der Waals surface area contributed by atoms with Gasteiger partial charge in [0.2, 0.25) is 5.91 Å². The van der Waals surface area contributed by atoms with Gasteiger partial charge in [0, 0.05) is 5.69 Å². The Morgan fingerprint density at radius 2 is 1.95 bits per heavy atom. The maximum atomic E-state index is 12.7. The Kier molecular flexibility index (Phi) is 3.14. The van der Waals surface area contributed by atoms with Crippen LogP contribution in [-0.2, 0) is 16.8 Å². The van der Waals surface area contributed by atoms with Gasteiger partial charge >= 0.3 is 0 Å². The van der Waals surface area contributed by atoms with Gasteiger partial charge in [0.05, 0.1) is 17.7 Å². The van der Waals surface area contributed by atoms with Crippen LogP contribution < -0.4 is 16.2 Å². The Morgan fingerprint density at radius 3 is 2.71 bits per heavy atom. The van der Waals surface area contributed by atoms with Crippen molar-refractivity contribution in [3.63, 3.8) is 0 Å². The zero-order valence-electron chi connectivity index (χ0n) is 12.1. The highest BCUT2D eigenvalue weighted by Crippen LogP contribution is 2.41. The van der Waals surface area contributed by atoms with E-state index in [2.05, 4.69) is 10.4 Å². The SMILES string of the molecule is CC1(C)C(=O)N(Cc2cccc(NN)n2)c2ccccc21. The summed E-state index contributed by atoms with van der Waals surface area (Å²) in [6.07, 6.45) is 0. The summed E-state index contributed by atoms with van der Waals surface area (Å²) in [7, 11) is 0. The van der Waals surface area contributed by atoms with Crippen LogP contribution in [0.3, 0.4) is 0 Å². The van der Waals surface area contributed by atoms with Gasteiger partial charge in [-0.3, -0.25) is 4.79 Å². The number of benzene rings is 1. The Bertz CT molecular complexity index is 696. The summed E-state index contributed by atoms with van der Waals surface area (Å²) in [5.74, 6) is 6.06. The van der Waals surface area contributed by atoms with Crippen molar-refractivity contribution in [1.82, 2.24) is 4.98 Å². The first-order valence-electron chi connectivity index (χ1n) is 6.88. The van der Waals surface area contributed by atoms with E-state index in [1.165, 1.54) is 0 Å². The van der Waals surface area contributed by atoms with Crippen LogP contribution in [0.2, 0.25) is 0 Å². The number of rotatable bonds is 3. The number of hydrogen-bond acceptors (Lipinski definition) is 4. The molecule has 21 heavy (non-hydrogen) atoms. The molecule has 0 saturated carbocycles. The third-order valence-electron chi connectivity index (χ3n) is 3.92. The summed E-state index contributed by atoms with van der Waals surface area (Å²) in [5.41, 5.74) is 4.84. The molecule has 0 fully saturated rings. The van der Waals surface area contributed by atoms with Crippen molar-refractivity contribution in [2.24, 2.45) is 5.84 Å². The predicted molar refractivity (Wildman–Crippen MR) is 82.7 cm³/mol. The van der Waals surface area contributed by atoms with Crippen LogP contribution in [0, 0.1) is 0 Å². The van der Waals surface area contributed by atoms with Crippen molar-refractivity contribution < 1.29 is 4.79 Å². The van der Waals surface area contributed by atoms with Gasteiger partial charge in [-0.25, -0.2) is 10.8 Å². The lowest BCUT2D eigenvalue weighted by Gasteiger charge is -2.20. The Balaban J connectivity index is 1.97. The molecule has 0 unspecified atom stereocenters. The summed E-state index contributed by atoms with van der Waals surface area (Å²) in [4.78, 5) is 18.9. The van der Waals surface area contributed by atoms with Crippen LogP contribution in [0.1, 0.15) is 25.1 Å². The second-order valence-electron chi connectivity index (χ2n) is 5.69. The monoisotopic (exact) mass is 282 g/mol. The van der Waals surface area contributed by atoms with Crippen molar-refractivity contribution in [1.29, 1.82) is 0 Å². The van der Waals surface area contributed by atoms with Gasteiger partial charge < -0.3 is 10.3 Å². The number of aromatic nitrogens is 1. The highest BCUT2D eigenvalue weighted by molar-refractivity contribution is 6.07. The standard InChI is InChI=1S/C16H18N4O/c1-16(2)12-7-3-4-8-13(12)20(15(16)21)10-11-6-5-9-14(18-11)19-17/h3-9H,10,17H2,1-2H3,(H,18,19). The summed E-state index contributed by atoms with van der Waals surface area (Å²) in [6, 6.07) is 13.5. The molecular weight excluding hydrogens is 264 g/mol. The second-order valence-corrected chi connectivity index (χ2v) is 5.69. The molecule has 1 amide bonds. The van der Waals surface area contributed by atoms with Crippen molar-refractivity contribution >= 4 is 17.4 Å². The van der Waals surface area contributed by atoms with Crippen molar-refractivity contribution in [3.05, 3.63) is 53.7 Å². The fourth-order valence-electron chi connectivity index (χ4n) is 2.77. The van der Waals surface area contributed by atoms with E-state index < -0.39 is 5.41 Å². The van der Waals surface area contributed by atoms with E-state index in [4.69, 9.17) is 5.84 Å². The zero-order chi connectivity index (χ0) is 15.0. The average Bonchev–Trinajstić information content (AvgIpc) is 2.69. The number of carbonyl (C=O) groups is 1. The largest absolute Gasteiger partial charge is 0.308 e. The molecule has 5 nitrogen and oxygen atoms in total. The molecule has 1 aromatic heterocycles. The van der Waals surface area contributed by atoms with E-state index in [9.17, 15) is 4.79 Å². The number of nitrogens with two attached hydrogens (primary N) is 1. The van der Waals surface area contributed by atoms with E-state index in [0.29, 0.717) is 12.4 Å². The maximum absolute atomic E-state index is 12.7. The Hall–Kier alpha value is -2.40. The first-order valence-corrected chi connectivity index (χ1v) is 6.88. The van der Waals surface area contributed by atoms with Crippen molar-refractivity contribution in [3.8, 4) is 0 Å². The number of para-hydroxylation sites is 1. The summed E-state index contributed by atoms with van der Waals surface area (Å²) < 4.78 is 0. The maximum Gasteiger partial charge on any atom is 0.237 e. The van der Waals surface area contributed by atoms with Crippen molar-refractivity contribution in [2.45, 2.75) is 25.8 Å². The Morgan fingerprint density at radius 1 is 1.19 bits per heavy atom. The number of hydrogen-bond donors (Lipinski definition) is 2. The lowest BCUT2D eigenvalue weighted by atomic mass is 9.86. The normalized spacial score (nSPS) is 16.0. The number of nitrogen functional groups attached to an aromatic ring is 1. The van der Waals surface area contributed by atoms with E-state index in [0.717, 1.165) is 16.9 Å². The van der Waals surface area contributed by atoms with Crippen LogP contribution in [-0.4, -0.2) is 10.9 Å². The lowest BCUT2D eigenvalue weighted by molar-refractivity contribution is -0.122. The van der Waals surface area contributed by atoms with E-state index in [1.54, 1.807) is 11.0 Å². The summed E-state index contributed by atoms with van der Waals surface area (Å²) >= 11 is 0. The van der Waals surface area contributed by atoms with Gasteiger partial charge in [0.1, 0.15) is 5.82 Å². The molecule has 1 aromatic carbocycles. The number of pyridine rings is 1. The van der Waals surface area contributed by atoms with E-state index >= 15 is 0 Å². The van der Waals surface area contributed by atoms with Crippen LogP contribution in [0.4, 0.5) is 11.5 Å². The molecule has 2 heterocycles. The fraction of sp³-hybridized carbons (Fsp3) is 0.250. The van der Waals surface area contributed by atoms with Gasteiger partial charge in [-0.05, 0) is 37.6 Å². The number of nitrogens with one attached hydrogen (secondary N) is 1. The molecule has 0 atom stereocenters. The van der Waals surface area contributed by atoms with Gasteiger partial charge in [-0.2, -0.15) is 0 Å². The topological polar surface area (TPSA) is 71.2 Å². The fourth-order valence-corrected chi connectivity index (χ4v) is 2.77. The molecule has 0 aliphatic carbocycles. The van der Waals surface area contributed by atoms with Crippen LogP contribution in [0.15, 0.2) is 42.5 Å². The second kappa shape index (κ2) is 4.86. The van der Waals surface area contributed by atoms with Crippen LogP contribution in [0.5, 0.6) is 0 Å². The molecule has 1 aliphatic rings. The predicted octanol–water partition coefficient (Wildman–Crippen LogP) is 2.19. The van der Waals surface area contributed by atoms with Crippen molar-refractivity contribution in [2.75, 3.05) is 10.3 Å². The first-order chi connectivity index (χ1) is 10.0. The zero-order valence-corrected chi connectivity index (χ0v) is 12.1. The third-order valence-corrected chi connectivity index (χ3v) is 3.92. The number of fused-ring (bicyclic) bond motifs is 1. The highest BCUT2D eigenvalue weighted by atomic mass is 16.2. The minimum Gasteiger partial charge on any atom is -0.308 e. The number of hydrazine groups is 1. The number of amides is 1. The van der Waals surface area contributed by atoms with Gasteiger partial charge in [-0.1, -0.05) is 24.3 Å². The highest BCUT2D eigenvalue weighted by Gasteiger charge is 2.43. The van der Waals surface area contributed by atoms with Gasteiger partial charge in [0.15, 0.2) is 0 Å². The number of nitrogens with zero attached hydrogens (tertiary/aromatic N) is 2. The van der Waals surface area contributed by atoms with Crippen LogP contribution >= 0.6 is 0 Å². The molecule has 5 heteroatoms. The van der Waals surface area contributed by atoms with Gasteiger partial charge in [-0.15, -0.1) is 0 Å². The van der Waals surface area contributed by atoms with Gasteiger partial charge in [0.25, 0.3) is 0 Å². The molecule has 2 aromatic rings. The third kappa shape index (κ3) is 2.15. The molecule has 3 N–H and O–H groups in total. The molecule has 0 bridgehead atoms. The average molecular weight is 282 g/mol. The quantitative estimate of drug-likeness (QED) is 0.668. The summed E-state index contributed by atoms with van der Waals surface area (Å²) in [5, 5.41) is 0. The number of anilines is 2. The lowest BCUT2D eigenvalue weighted by Crippen LogP contribution is -2.36. The Labute approximate surface area is 123 Å². The molecular formula is C16H18N4O. The molecule has 108 valence electrons. The number of carbonyl (C=O) groups excluding carboxylic acids is 1.